The van der Waals surface area contributed by atoms with E-state index < -0.39 is 11.5 Å². The summed E-state index contributed by atoms with van der Waals surface area (Å²) < 4.78 is 0. The number of anilines is 1. The van der Waals surface area contributed by atoms with Crippen molar-refractivity contribution in [1.82, 2.24) is 4.90 Å². The number of amides is 1. The Kier molecular flexibility index (Phi) is 6.01. The van der Waals surface area contributed by atoms with Gasteiger partial charge in [0.05, 0.1) is 10.7 Å². The molecule has 0 spiro atoms. The fourth-order valence-electron chi connectivity index (χ4n) is 1.52. The van der Waals surface area contributed by atoms with Crippen LogP contribution in [0.2, 0.25) is 10.0 Å². The molecule has 21 heavy (non-hydrogen) atoms. The zero-order valence-electron chi connectivity index (χ0n) is 12.1. The van der Waals surface area contributed by atoms with Gasteiger partial charge in [-0.15, -0.1) is 0 Å². The van der Waals surface area contributed by atoms with Crippen LogP contribution < -0.4 is 5.32 Å². The highest BCUT2D eigenvalue weighted by atomic mass is 35.5. The van der Waals surface area contributed by atoms with Gasteiger partial charge >= 0.3 is 5.97 Å². The first-order valence-electron chi connectivity index (χ1n) is 6.34. The van der Waals surface area contributed by atoms with Gasteiger partial charge in [0, 0.05) is 18.0 Å². The number of nitrogens with one attached hydrogen (secondary N) is 1. The van der Waals surface area contributed by atoms with E-state index in [1.54, 1.807) is 44.0 Å². The van der Waals surface area contributed by atoms with Crippen LogP contribution in [0.25, 0.3) is 0 Å². The molecule has 0 saturated heterocycles. The molecule has 1 amide bonds. The van der Waals surface area contributed by atoms with E-state index in [2.05, 4.69) is 5.32 Å². The Hall–Kier alpha value is -1.30. The first kappa shape index (κ1) is 17.8. The van der Waals surface area contributed by atoms with Crippen LogP contribution in [0.15, 0.2) is 18.2 Å². The van der Waals surface area contributed by atoms with Crippen LogP contribution in [0, 0.1) is 0 Å². The predicted octanol–water partition coefficient (Wildman–Crippen LogP) is 3.12. The Morgan fingerprint density at radius 2 is 1.95 bits per heavy atom. The summed E-state index contributed by atoms with van der Waals surface area (Å²) >= 11 is 11.8. The first-order valence-corrected chi connectivity index (χ1v) is 7.09. The standard InChI is InChI=1S/C14H18Cl2N2O3/c1-14(2,13(20)21)18(3)7-6-12(19)17-11-8-9(15)4-5-10(11)16/h4-5,8H,6-7H2,1-3H3,(H,17,19)(H,20,21). The van der Waals surface area contributed by atoms with E-state index in [-0.39, 0.29) is 12.3 Å². The van der Waals surface area contributed by atoms with Gasteiger partial charge < -0.3 is 10.4 Å². The highest BCUT2D eigenvalue weighted by Gasteiger charge is 2.31. The molecule has 2 N–H and O–H groups in total. The number of carboxylic acids is 1. The van der Waals surface area contributed by atoms with Crippen LogP contribution >= 0.6 is 23.2 Å². The number of likely N-dealkylation sites (N-methyl/N-ethyl adjacent to an activating group) is 1. The number of hydrogen-bond acceptors (Lipinski definition) is 3. The number of aliphatic carboxylic acids is 1. The van der Waals surface area contributed by atoms with Gasteiger partial charge in [-0.25, -0.2) is 0 Å². The van der Waals surface area contributed by atoms with E-state index in [0.29, 0.717) is 22.3 Å². The van der Waals surface area contributed by atoms with Crippen molar-refractivity contribution >= 4 is 40.8 Å². The molecule has 0 heterocycles. The van der Waals surface area contributed by atoms with Gasteiger partial charge in [-0.1, -0.05) is 23.2 Å². The molecule has 0 unspecified atom stereocenters. The third-order valence-electron chi connectivity index (χ3n) is 3.35. The van der Waals surface area contributed by atoms with Crippen LogP contribution in [0.1, 0.15) is 20.3 Å². The normalized spacial score (nSPS) is 11.5. The maximum absolute atomic E-state index is 11.9. The van der Waals surface area contributed by atoms with Crippen molar-refractivity contribution in [2.24, 2.45) is 0 Å². The predicted molar refractivity (Wildman–Crippen MR) is 84.1 cm³/mol. The van der Waals surface area contributed by atoms with Crippen molar-refractivity contribution in [3.8, 4) is 0 Å². The van der Waals surface area contributed by atoms with Crippen LogP contribution in [0.3, 0.4) is 0 Å². The van der Waals surface area contributed by atoms with Crippen LogP contribution in [0.5, 0.6) is 0 Å². The zero-order valence-corrected chi connectivity index (χ0v) is 13.6. The molecular weight excluding hydrogens is 315 g/mol. The van der Waals surface area contributed by atoms with E-state index >= 15 is 0 Å². The molecule has 0 aliphatic carbocycles. The van der Waals surface area contributed by atoms with Crippen LogP contribution in [0.4, 0.5) is 5.69 Å². The van der Waals surface area contributed by atoms with E-state index in [9.17, 15) is 9.59 Å². The molecule has 0 fully saturated rings. The summed E-state index contributed by atoms with van der Waals surface area (Å²) in [5.41, 5.74) is -0.595. The van der Waals surface area contributed by atoms with E-state index in [1.807, 2.05) is 0 Å². The second-order valence-corrected chi connectivity index (χ2v) is 6.05. The number of carbonyl (C=O) groups excluding carboxylic acids is 1. The molecular formula is C14H18Cl2N2O3. The zero-order chi connectivity index (χ0) is 16.2. The maximum atomic E-state index is 11.9. The lowest BCUT2D eigenvalue weighted by Crippen LogP contribution is -2.48. The molecule has 0 bridgehead atoms. The number of halogens is 2. The lowest BCUT2D eigenvalue weighted by atomic mass is 10.0. The monoisotopic (exact) mass is 332 g/mol. The highest BCUT2D eigenvalue weighted by Crippen LogP contribution is 2.25. The summed E-state index contributed by atoms with van der Waals surface area (Å²) in [6, 6.07) is 4.79. The van der Waals surface area contributed by atoms with E-state index in [4.69, 9.17) is 28.3 Å². The number of carboxylic acid groups (broad SMARTS) is 1. The van der Waals surface area contributed by atoms with Gasteiger partial charge in [0.1, 0.15) is 5.54 Å². The average Bonchev–Trinajstić information content (AvgIpc) is 2.39. The third-order valence-corrected chi connectivity index (χ3v) is 3.92. The number of benzene rings is 1. The van der Waals surface area contributed by atoms with Gasteiger partial charge in [0.2, 0.25) is 5.91 Å². The molecule has 1 aromatic carbocycles. The summed E-state index contributed by atoms with van der Waals surface area (Å²) in [6.07, 6.45) is 0.149. The van der Waals surface area contributed by atoms with Gasteiger partial charge in [-0.3, -0.25) is 14.5 Å². The molecule has 1 rings (SSSR count). The van der Waals surface area contributed by atoms with Gasteiger partial charge in [0.15, 0.2) is 0 Å². The minimum atomic E-state index is -1.03. The Morgan fingerprint density at radius 3 is 2.52 bits per heavy atom. The molecule has 0 atom stereocenters. The van der Waals surface area contributed by atoms with Crippen molar-refractivity contribution in [3.05, 3.63) is 28.2 Å². The third kappa shape index (κ3) is 4.88. The molecule has 5 nitrogen and oxygen atoms in total. The SMILES string of the molecule is CN(CCC(=O)Nc1cc(Cl)ccc1Cl)C(C)(C)C(=O)O. The Bertz CT molecular complexity index is 547. The average molecular weight is 333 g/mol. The van der Waals surface area contributed by atoms with Crippen molar-refractivity contribution in [2.75, 3.05) is 18.9 Å². The molecule has 0 aliphatic heterocycles. The van der Waals surface area contributed by atoms with Crippen molar-refractivity contribution in [3.63, 3.8) is 0 Å². The lowest BCUT2D eigenvalue weighted by Gasteiger charge is -2.31. The summed E-state index contributed by atoms with van der Waals surface area (Å²) in [5.74, 6) is -1.20. The van der Waals surface area contributed by atoms with Gasteiger partial charge in [0.25, 0.3) is 0 Å². The molecule has 0 radical (unpaired) electrons. The van der Waals surface area contributed by atoms with Gasteiger partial charge in [-0.2, -0.15) is 0 Å². The molecule has 0 saturated carbocycles. The second-order valence-electron chi connectivity index (χ2n) is 5.21. The minimum Gasteiger partial charge on any atom is -0.480 e. The fourth-order valence-corrected chi connectivity index (χ4v) is 1.85. The van der Waals surface area contributed by atoms with E-state index in [1.165, 1.54) is 0 Å². The number of carbonyl (C=O) groups is 2. The quantitative estimate of drug-likeness (QED) is 0.839. The Balaban J connectivity index is 2.59. The summed E-state index contributed by atoms with van der Waals surface area (Å²) in [6.45, 7) is 3.48. The number of nitrogens with zero attached hydrogens (tertiary/aromatic N) is 1. The lowest BCUT2D eigenvalue weighted by molar-refractivity contribution is -0.148. The van der Waals surface area contributed by atoms with Crippen molar-refractivity contribution < 1.29 is 14.7 Å². The second kappa shape index (κ2) is 7.11. The topological polar surface area (TPSA) is 69.6 Å². The highest BCUT2D eigenvalue weighted by molar-refractivity contribution is 6.35. The summed E-state index contributed by atoms with van der Waals surface area (Å²) in [7, 11) is 1.66. The summed E-state index contributed by atoms with van der Waals surface area (Å²) in [5, 5.41) is 12.6. The van der Waals surface area contributed by atoms with Crippen molar-refractivity contribution in [1.29, 1.82) is 0 Å². The molecule has 116 valence electrons. The maximum Gasteiger partial charge on any atom is 0.323 e. The van der Waals surface area contributed by atoms with Crippen molar-refractivity contribution in [2.45, 2.75) is 25.8 Å². The molecule has 1 aromatic rings. The number of rotatable bonds is 6. The Morgan fingerprint density at radius 1 is 1.33 bits per heavy atom. The van der Waals surface area contributed by atoms with Crippen LogP contribution in [-0.4, -0.2) is 41.0 Å². The number of hydrogen-bond donors (Lipinski definition) is 2. The van der Waals surface area contributed by atoms with Gasteiger partial charge in [-0.05, 0) is 39.1 Å². The van der Waals surface area contributed by atoms with E-state index in [0.717, 1.165) is 0 Å². The van der Waals surface area contributed by atoms with Crippen LogP contribution in [-0.2, 0) is 9.59 Å². The summed E-state index contributed by atoms with van der Waals surface area (Å²) in [4.78, 5) is 24.6. The molecule has 0 aliphatic rings. The molecule has 7 heteroatoms. The largest absolute Gasteiger partial charge is 0.480 e. The Labute approximate surface area is 133 Å². The fraction of sp³-hybridized carbons (Fsp3) is 0.429. The molecule has 0 aromatic heterocycles. The smallest absolute Gasteiger partial charge is 0.323 e. The minimum absolute atomic E-state index is 0.149. The first-order chi connectivity index (χ1) is 9.64.